The van der Waals surface area contributed by atoms with Crippen LogP contribution in [0.1, 0.15) is 6.42 Å². The third-order valence-corrected chi connectivity index (χ3v) is 5.34. The largest absolute Gasteiger partial charge is 0.508 e. The third-order valence-electron chi connectivity index (χ3n) is 5.34. The van der Waals surface area contributed by atoms with Crippen molar-refractivity contribution < 1.29 is 24.0 Å². The number of nitrogens with zero attached hydrogens (tertiary/aromatic N) is 2. The first-order valence-electron chi connectivity index (χ1n) is 9.04. The SMILES string of the molecule is O=C1C[C@@H]([NH+]2CCN(c3ccc(O)cc3)CC2)C(=O)N1c1ccc(F)cc1. The topological polar surface area (TPSA) is 65.3 Å². The zero-order chi connectivity index (χ0) is 19.0. The molecular formula is C20H21FN3O3+. The number of aromatic hydroxyl groups is 1. The van der Waals surface area contributed by atoms with E-state index in [1.54, 1.807) is 12.1 Å². The monoisotopic (exact) mass is 370 g/mol. The minimum Gasteiger partial charge on any atom is -0.508 e. The zero-order valence-corrected chi connectivity index (χ0v) is 14.8. The third kappa shape index (κ3) is 3.38. The first-order valence-corrected chi connectivity index (χ1v) is 9.04. The number of anilines is 2. The number of carbonyl (C=O) groups is 2. The van der Waals surface area contributed by atoms with Crippen LogP contribution in [-0.4, -0.2) is 49.1 Å². The predicted molar refractivity (Wildman–Crippen MR) is 98.3 cm³/mol. The Labute approximate surface area is 156 Å². The van der Waals surface area contributed by atoms with Gasteiger partial charge in [-0.15, -0.1) is 0 Å². The minimum absolute atomic E-state index is 0.185. The quantitative estimate of drug-likeness (QED) is 0.776. The lowest BCUT2D eigenvalue weighted by Gasteiger charge is -2.35. The number of halogens is 1. The number of imide groups is 1. The summed E-state index contributed by atoms with van der Waals surface area (Å²) < 4.78 is 13.1. The standard InChI is InChI=1S/C20H20FN3O3/c21-14-1-3-16(4-2-14)24-19(26)13-18(20(24)27)23-11-9-22(10-12-23)15-5-7-17(25)8-6-15/h1-8,18,25H,9-13H2/p+1/t18-/m1/s1. The van der Waals surface area contributed by atoms with E-state index >= 15 is 0 Å². The van der Waals surface area contributed by atoms with Gasteiger partial charge < -0.3 is 14.9 Å². The van der Waals surface area contributed by atoms with Gasteiger partial charge in [0.2, 0.25) is 5.91 Å². The van der Waals surface area contributed by atoms with Gasteiger partial charge in [0.25, 0.3) is 5.91 Å². The van der Waals surface area contributed by atoms with Gasteiger partial charge in [-0.2, -0.15) is 0 Å². The Morgan fingerprint density at radius 3 is 2.15 bits per heavy atom. The molecule has 4 rings (SSSR count). The van der Waals surface area contributed by atoms with Crippen molar-refractivity contribution in [1.82, 2.24) is 0 Å². The molecule has 2 amide bonds. The predicted octanol–water partition coefficient (Wildman–Crippen LogP) is 0.568. The maximum Gasteiger partial charge on any atom is 0.292 e. The van der Waals surface area contributed by atoms with Crippen LogP contribution >= 0.6 is 0 Å². The summed E-state index contributed by atoms with van der Waals surface area (Å²) in [5, 5.41) is 9.41. The Bertz CT molecular complexity index is 846. The molecule has 2 N–H and O–H groups in total. The van der Waals surface area contributed by atoms with Gasteiger partial charge >= 0.3 is 0 Å². The molecule has 2 fully saturated rings. The Morgan fingerprint density at radius 1 is 0.926 bits per heavy atom. The molecule has 0 spiro atoms. The van der Waals surface area contributed by atoms with Crippen LogP contribution in [0.25, 0.3) is 0 Å². The second-order valence-corrected chi connectivity index (χ2v) is 6.96. The summed E-state index contributed by atoms with van der Waals surface area (Å²) in [7, 11) is 0. The van der Waals surface area contributed by atoms with E-state index in [1.807, 2.05) is 12.1 Å². The first kappa shape index (κ1) is 17.5. The number of phenols is 1. The summed E-state index contributed by atoms with van der Waals surface area (Å²) in [6, 6.07) is 12.1. The van der Waals surface area contributed by atoms with Crippen molar-refractivity contribution in [3.8, 4) is 5.75 Å². The molecule has 0 unspecified atom stereocenters. The average Bonchev–Trinajstić information content (AvgIpc) is 2.98. The highest BCUT2D eigenvalue weighted by Crippen LogP contribution is 2.23. The van der Waals surface area contributed by atoms with Crippen molar-refractivity contribution >= 4 is 23.2 Å². The summed E-state index contributed by atoms with van der Waals surface area (Å²) >= 11 is 0. The molecule has 2 aromatic rings. The van der Waals surface area contributed by atoms with Crippen molar-refractivity contribution in [2.75, 3.05) is 36.0 Å². The van der Waals surface area contributed by atoms with Gasteiger partial charge in [0.1, 0.15) is 11.6 Å². The van der Waals surface area contributed by atoms with E-state index in [1.165, 1.54) is 29.2 Å². The van der Waals surface area contributed by atoms with Gasteiger partial charge in [-0.25, -0.2) is 9.29 Å². The molecule has 27 heavy (non-hydrogen) atoms. The number of nitrogens with one attached hydrogen (secondary N) is 1. The van der Waals surface area contributed by atoms with Gasteiger partial charge in [-0.1, -0.05) is 0 Å². The van der Waals surface area contributed by atoms with Crippen LogP contribution < -0.4 is 14.7 Å². The Kier molecular flexibility index (Phi) is 4.53. The van der Waals surface area contributed by atoms with E-state index in [2.05, 4.69) is 4.90 Å². The number of phenolic OH excluding ortho intramolecular Hbond substituents is 1. The lowest BCUT2D eigenvalue weighted by Crippen LogP contribution is -3.19. The molecule has 0 aromatic heterocycles. The van der Waals surface area contributed by atoms with Crippen molar-refractivity contribution in [2.24, 2.45) is 0 Å². The van der Waals surface area contributed by atoms with Gasteiger partial charge in [0, 0.05) is 5.69 Å². The molecule has 140 valence electrons. The minimum atomic E-state index is -0.398. The maximum absolute atomic E-state index is 13.1. The van der Waals surface area contributed by atoms with Crippen LogP contribution in [0.15, 0.2) is 48.5 Å². The number of benzene rings is 2. The highest BCUT2D eigenvalue weighted by Gasteiger charge is 2.46. The number of amides is 2. The molecule has 0 radical (unpaired) electrons. The van der Waals surface area contributed by atoms with E-state index in [4.69, 9.17) is 0 Å². The molecule has 2 saturated heterocycles. The number of hydrogen-bond donors (Lipinski definition) is 2. The van der Waals surface area contributed by atoms with E-state index in [9.17, 15) is 19.1 Å². The highest BCUT2D eigenvalue weighted by molar-refractivity contribution is 6.21. The second kappa shape index (κ2) is 7.00. The number of piperazine rings is 1. The average molecular weight is 370 g/mol. The summed E-state index contributed by atoms with van der Waals surface area (Å²) in [6.07, 6.45) is 0.185. The molecule has 0 aliphatic carbocycles. The molecule has 7 heteroatoms. The molecule has 2 aliphatic rings. The van der Waals surface area contributed by atoms with E-state index in [-0.39, 0.29) is 30.0 Å². The van der Waals surface area contributed by atoms with Crippen LogP contribution in [-0.2, 0) is 9.59 Å². The van der Waals surface area contributed by atoms with Crippen LogP contribution in [0.4, 0.5) is 15.8 Å². The fourth-order valence-corrected chi connectivity index (χ4v) is 3.88. The fourth-order valence-electron chi connectivity index (χ4n) is 3.88. The van der Waals surface area contributed by atoms with E-state index in [0.717, 1.165) is 36.8 Å². The Morgan fingerprint density at radius 2 is 1.52 bits per heavy atom. The number of rotatable bonds is 3. The molecule has 2 heterocycles. The number of carbonyl (C=O) groups excluding carboxylic acids is 2. The summed E-state index contributed by atoms with van der Waals surface area (Å²) in [5.41, 5.74) is 1.46. The van der Waals surface area contributed by atoms with Crippen LogP contribution in [0, 0.1) is 5.82 Å². The van der Waals surface area contributed by atoms with Crippen molar-refractivity contribution in [3.05, 3.63) is 54.3 Å². The summed E-state index contributed by atoms with van der Waals surface area (Å²) in [6.45, 7) is 3.05. The van der Waals surface area contributed by atoms with Gasteiger partial charge in [0.05, 0.1) is 38.3 Å². The normalized spacial score (nSPS) is 21.1. The van der Waals surface area contributed by atoms with Crippen LogP contribution in [0.3, 0.4) is 0 Å². The van der Waals surface area contributed by atoms with Crippen LogP contribution in [0.5, 0.6) is 5.75 Å². The molecule has 2 aromatic carbocycles. The lowest BCUT2D eigenvalue weighted by atomic mass is 10.1. The second-order valence-electron chi connectivity index (χ2n) is 6.96. The van der Waals surface area contributed by atoms with Gasteiger partial charge in [-0.05, 0) is 48.5 Å². The van der Waals surface area contributed by atoms with Gasteiger partial charge in [-0.3, -0.25) is 9.59 Å². The van der Waals surface area contributed by atoms with Crippen molar-refractivity contribution in [1.29, 1.82) is 0 Å². The molecule has 1 atom stereocenters. The van der Waals surface area contributed by atoms with Gasteiger partial charge in [0.15, 0.2) is 6.04 Å². The highest BCUT2D eigenvalue weighted by atomic mass is 19.1. The molecule has 2 aliphatic heterocycles. The van der Waals surface area contributed by atoms with Crippen molar-refractivity contribution in [2.45, 2.75) is 12.5 Å². The molecular weight excluding hydrogens is 349 g/mol. The Hall–Kier alpha value is -2.93. The van der Waals surface area contributed by atoms with Crippen LogP contribution in [0.2, 0.25) is 0 Å². The maximum atomic E-state index is 13.1. The molecule has 6 nitrogen and oxygen atoms in total. The zero-order valence-electron chi connectivity index (χ0n) is 14.8. The smallest absolute Gasteiger partial charge is 0.292 e. The summed E-state index contributed by atoms with van der Waals surface area (Å²) in [5.74, 6) is -0.603. The fraction of sp³-hybridized carbons (Fsp3) is 0.300. The molecule has 0 bridgehead atoms. The summed E-state index contributed by atoms with van der Waals surface area (Å²) in [4.78, 5) is 29.7. The number of quaternary nitrogens is 1. The molecule has 0 saturated carbocycles. The first-order chi connectivity index (χ1) is 13.0. The lowest BCUT2D eigenvalue weighted by molar-refractivity contribution is -0.915. The van der Waals surface area contributed by atoms with E-state index < -0.39 is 5.82 Å². The van der Waals surface area contributed by atoms with Crippen molar-refractivity contribution in [3.63, 3.8) is 0 Å². The Balaban J connectivity index is 1.43. The van der Waals surface area contributed by atoms with E-state index in [0.29, 0.717) is 5.69 Å². The number of hydrogen-bond acceptors (Lipinski definition) is 4.